The van der Waals surface area contributed by atoms with Crippen LogP contribution in [0.15, 0.2) is 71.3 Å². The molecular formula is C28H33N5O6S. The van der Waals surface area contributed by atoms with Gasteiger partial charge in [0, 0.05) is 13.0 Å². The summed E-state index contributed by atoms with van der Waals surface area (Å²) in [4.78, 5) is 43.3. The van der Waals surface area contributed by atoms with E-state index in [-0.39, 0.29) is 42.6 Å². The zero-order chi connectivity index (χ0) is 28.5. The SMILES string of the molecule is C[C@@H]1NC(=O)[C@@H](NS(=O)(=O)Cc2ccccc2)CCCCNC(=O)[C@H](Cc2ccccc2)NC(=O)c2coc1n2. The maximum absolute atomic E-state index is 13.1. The molecule has 2 aromatic carbocycles. The zero-order valence-corrected chi connectivity index (χ0v) is 22.9. The molecule has 2 bridgehead atoms. The van der Waals surface area contributed by atoms with Gasteiger partial charge in [-0.05, 0) is 37.3 Å². The molecule has 3 amide bonds. The largest absolute Gasteiger partial charge is 0.446 e. The molecule has 12 heteroatoms. The lowest BCUT2D eigenvalue weighted by Gasteiger charge is -2.21. The number of fused-ring (bicyclic) bond motifs is 2. The molecule has 4 N–H and O–H groups in total. The molecule has 1 aliphatic heterocycles. The smallest absolute Gasteiger partial charge is 0.273 e. The Bertz CT molecular complexity index is 1410. The van der Waals surface area contributed by atoms with Gasteiger partial charge in [0.1, 0.15) is 24.4 Å². The van der Waals surface area contributed by atoms with E-state index < -0.39 is 40.0 Å². The van der Waals surface area contributed by atoms with Crippen LogP contribution in [0.2, 0.25) is 0 Å². The van der Waals surface area contributed by atoms with Crippen molar-refractivity contribution >= 4 is 27.7 Å². The molecule has 0 spiro atoms. The van der Waals surface area contributed by atoms with Crippen LogP contribution in [0.25, 0.3) is 0 Å². The topological polar surface area (TPSA) is 160 Å². The van der Waals surface area contributed by atoms with E-state index in [4.69, 9.17) is 4.42 Å². The van der Waals surface area contributed by atoms with Gasteiger partial charge in [0.15, 0.2) is 5.69 Å². The average Bonchev–Trinajstić information content (AvgIpc) is 3.43. The average molecular weight is 568 g/mol. The molecule has 0 radical (unpaired) electrons. The van der Waals surface area contributed by atoms with Crippen LogP contribution in [0, 0.1) is 0 Å². The van der Waals surface area contributed by atoms with Crippen molar-refractivity contribution in [3.63, 3.8) is 0 Å². The molecule has 1 aromatic heterocycles. The van der Waals surface area contributed by atoms with Gasteiger partial charge in [-0.25, -0.2) is 18.1 Å². The zero-order valence-electron chi connectivity index (χ0n) is 22.1. The number of hydrogen-bond acceptors (Lipinski definition) is 7. The Balaban J connectivity index is 1.52. The predicted molar refractivity (Wildman–Crippen MR) is 147 cm³/mol. The van der Waals surface area contributed by atoms with Gasteiger partial charge in [-0.3, -0.25) is 14.4 Å². The minimum atomic E-state index is -3.84. The summed E-state index contributed by atoms with van der Waals surface area (Å²) < 4.78 is 33.8. The van der Waals surface area contributed by atoms with E-state index in [2.05, 4.69) is 25.7 Å². The van der Waals surface area contributed by atoms with Crippen molar-refractivity contribution in [2.24, 2.45) is 0 Å². The number of rotatable bonds is 6. The summed E-state index contributed by atoms with van der Waals surface area (Å²) in [6, 6.07) is 15.4. The van der Waals surface area contributed by atoms with E-state index in [9.17, 15) is 22.8 Å². The van der Waals surface area contributed by atoms with Gasteiger partial charge >= 0.3 is 0 Å². The number of amides is 3. The first kappa shape index (κ1) is 29.0. The van der Waals surface area contributed by atoms with Gasteiger partial charge < -0.3 is 20.4 Å². The predicted octanol–water partition coefficient (Wildman–Crippen LogP) is 1.98. The Morgan fingerprint density at radius 2 is 1.60 bits per heavy atom. The third kappa shape index (κ3) is 8.23. The van der Waals surface area contributed by atoms with Gasteiger partial charge in [-0.15, -0.1) is 0 Å². The summed E-state index contributed by atoms with van der Waals surface area (Å²) in [5, 5.41) is 8.30. The second-order valence-electron chi connectivity index (χ2n) is 9.72. The van der Waals surface area contributed by atoms with E-state index >= 15 is 0 Å². The van der Waals surface area contributed by atoms with Crippen LogP contribution in [0.3, 0.4) is 0 Å². The highest BCUT2D eigenvalue weighted by Crippen LogP contribution is 2.15. The van der Waals surface area contributed by atoms with Crippen molar-refractivity contribution in [3.8, 4) is 0 Å². The van der Waals surface area contributed by atoms with Crippen LogP contribution in [0.1, 0.15) is 59.7 Å². The number of carbonyl (C=O) groups is 3. The Kier molecular flexibility index (Phi) is 9.67. The lowest BCUT2D eigenvalue weighted by Crippen LogP contribution is -2.49. The van der Waals surface area contributed by atoms with Gasteiger partial charge in [0.2, 0.25) is 27.7 Å². The molecule has 0 aliphatic carbocycles. The Morgan fingerprint density at radius 1 is 0.925 bits per heavy atom. The van der Waals surface area contributed by atoms with Crippen LogP contribution in [-0.2, 0) is 31.8 Å². The third-order valence-corrected chi connectivity index (χ3v) is 7.80. The van der Waals surface area contributed by atoms with Gasteiger partial charge in [0.25, 0.3) is 5.91 Å². The molecule has 3 aromatic rings. The molecule has 0 fully saturated rings. The first-order chi connectivity index (χ1) is 19.2. The fourth-order valence-corrected chi connectivity index (χ4v) is 5.73. The summed E-state index contributed by atoms with van der Waals surface area (Å²) in [6.45, 7) is 1.91. The first-order valence-electron chi connectivity index (χ1n) is 13.1. The summed E-state index contributed by atoms with van der Waals surface area (Å²) in [6.07, 6.45) is 2.60. The van der Waals surface area contributed by atoms with Crippen molar-refractivity contribution < 1.29 is 27.2 Å². The summed E-state index contributed by atoms with van der Waals surface area (Å²) in [5.74, 6) is -1.71. The highest BCUT2D eigenvalue weighted by molar-refractivity contribution is 7.88. The lowest BCUT2D eigenvalue weighted by atomic mass is 10.0. The van der Waals surface area contributed by atoms with E-state index in [0.717, 1.165) is 11.8 Å². The maximum Gasteiger partial charge on any atom is 0.273 e. The van der Waals surface area contributed by atoms with Crippen LogP contribution >= 0.6 is 0 Å². The lowest BCUT2D eigenvalue weighted by molar-refractivity contribution is -0.124. The molecule has 212 valence electrons. The summed E-state index contributed by atoms with van der Waals surface area (Å²) >= 11 is 0. The molecule has 0 saturated heterocycles. The molecule has 40 heavy (non-hydrogen) atoms. The highest BCUT2D eigenvalue weighted by atomic mass is 32.2. The van der Waals surface area contributed by atoms with Gasteiger partial charge in [-0.1, -0.05) is 60.7 Å². The summed E-state index contributed by atoms with van der Waals surface area (Å²) in [7, 11) is -3.84. The molecule has 3 atom stereocenters. The van der Waals surface area contributed by atoms with Crippen LogP contribution in [0.4, 0.5) is 0 Å². The van der Waals surface area contributed by atoms with E-state index in [1.165, 1.54) is 0 Å². The number of hydrogen-bond donors (Lipinski definition) is 4. The Morgan fingerprint density at radius 3 is 2.30 bits per heavy atom. The minimum absolute atomic E-state index is 0.0471. The van der Waals surface area contributed by atoms with Gasteiger partial charge in [-0.2, -0.15) is 0 Å². The Labute approximate surface area is 233 Å². The second kappa shape index (κ2) is 13.4. The number of benzene rings is 2. The number of nitrogens with zero attached hydrogens (tertiary/aromatic N) is 1. The molecule has 0 saturated carbocycles. The second-order valence-corrected chi connectivity index (χ2v) is 11.5. The monoisotopic (exact) mass is 567 g/mol. The summed E-state index contributed by atoms with van der Waals surface area (Å²) in [5.41, 5.74) is 1.42. The van der Waals surface area contributed by atoms with Gasteiger partial charge in [0.05, 0.1) is 5.75 Å². The first-order valence-corrected chi connectivity index (χ1v) is 14.8. The van der Waals surface area contributed by atoms with Crippen molar-refractivity contribution in [1.82, 2.24) is 25.7 Å². The molecule has 4 rings (SSSR count). The van der Waals surface area contributed by atoms with E-state index in [1.807, 2.05) is 30.3 Å². The highest BCUT2D eigenvalue weighted by Gasteiger charge is 2.28. The molecule has 2 heterocycles. The number of sulfonamides is 1. The number of carbonyl (C=O) groups excluding carboxylic acids is 3. The van der Waals surface area contributed by atoms with E-state index in [0.29, 0.717) is 18.4 Å². The van der Waals surface area contributed by atoms with E-state index in [1.54, 1.807) is 37.3 Å². The van der Waals surface area contributed by atoms with Crippen molar-refractivity contribution in [2.75, 3.05) is 6.54 Å². The molecule has 11 nitrogen and oxygen atoms in total. The third-order valence-electron chi connectivity index (χ3n) is 6.44. The molecule has 0 unspecified atom stereocenters. The fourth-order valence-electron chi connectivity index (χ4n) is 4.36. The van der Waals surface area contributed by atoms with Crippen LogP contribution in [0.5, 0.6) is 0 Å². The van der Waals surface area contributed by atoms with Crippen molar-refractivity contribution in [2.45, 2.75) is 56.5 Å². The van der Waals surface area contributed by atoms with Crippen molar-refractivity contribution in [3.05, 3.63) is 89.6 Å². The Hall–Kier alpha value is -4.03. The number of nitrogens with one attached hydrogen (secondary N) is 4. The fraction of sp³-hybridized carbons (Fsp3) is 0.357. The normalized spacial score (nSPS) is 21.2. The standard InChI is InChI=1S/C28H33N5O6S/c1-19-28-32-24(17-39-28)27(36)31-23(16-20-10-4-2-5-11-20)25(34)29-15-9-8-14-22(26(35)30-19)33-40(37,38)18-21-12-6-3-7-13-21/h2-7,10-13,17,19,22-23,33H,8-9,14-16,18H2,1H3,(H,29,34)(H,30,35)(H,31,36)/t19-,22-,23-/m0/s1. The van der Waals surface area contributed by atoms with Crippen molar-refractivity contribution in [1.29, 1.82) is 0 Å². The molecular weight excluding hydrogens is 534 g/mol. The number of aromatic nitrogens is 1. The quantitative estimate of drug-likeness (QED) is 0.354. The minimum Gasteiger partial charge on any atom is -0.446 e. The number of oxazole rings is 1. The molecule has 1 aliphatic rings. The van der Waals surface area contributed by atoms with Crippen LogP contribution < -0.4 is 20.7 Å². The maximum atomic E-state index is 13.1. The van der Waals surface area contributed by atoms with Crippen LogP contribution in [-0.4, -0.2) is 49.8 Å².